The first-order chi connectivity index (χ1) is 14.4. The second kappa shape index (κ2) is 8.65. The second-order valence-corrected chi connectivity index (χ2v) is 9.68. The number of hydrogen-bond acceptors (Lipinski definition) is 5. The molecule has 160 valence electrons. The van der Waals surface area contributed by atoms with Crippen molar-refractivity contribution in [2.75, 3.05) is 26.4 Å². The number of aryl methyl sites for hydroxylation is 1. The number of carbonyl (C=O) groups excluding carboxylic acids is 1. The Balaban J connectivity index is 1.32. The van der Waals surface area contributed by atoms with Gasteiger partial charge in [0.25, 0.3) is 0 Å². The van der Waals surface area contributed by atoms with Crippen LogP contribution >= 0.6 is 0 Å². The summed E-state index contributed by atoms with van der Waals surface area (Å²) in [5.74, 6) is 1.03. The highest BCUT2D eigenvalue weighted by Crippen LogP contribution is 2.32. The molecule has 0 radical (unpaired) electrons. The summed E-state index contributed by atoms with van der Waals surface area (Å²) in [5, 5.41) is 2.96. The molecule has 0 spiro atoms. The molecule has 2 heterocycles. The molecule has 0 aliphatic carbocycles. The lowest BCUT2D eigenvalue weighted by Gasteiger charge is -2.31. The van der Waals surface area contributed by atoms with Gasteiger partial charge in [-0.3, -0.25) is 4.79 Å². The molecule has 8 heteroatoms. The van der Waals surface area contributed by atoms with E-state index in [9.17, 15) is 13.2 Å². The Morgan fingerprint density at radius 2 is 1.90 bits per heavy atom. The van der Waals surface area contributed by atoms with Crippen LogP contribution in [0.15, 0.2) is 47.4 Å². The maximum absolute atomic E-state index is 12.9. The maximum Gasteiger partial charge on any atom is 0.243 e. The number of carbonyl (C=O) groups is 1. The summed E-state index contributed by atoms with van der Waals surface area (Å²) >= 11 is 0. The van der Waals surface area contributed by atoms with Gasteiger partial charge >= 0.3 is 0 Å². The molecule has 1 amide bonds. The molecule has 4 rings (SSSR count). The van der Waals surface area contributed by atoms with E-state index in [1.165, 1.54) is 4.31 Å². The van der Waals surface area contributed by atoms with Crippen molar-refractivity contribution in [1.82, 2.24) is 9.62 Å². The Labute approximate surface area is 177 Å². The van der Waals surface area contributed by atoms with Crippen LogP contribution in [0.3, 0.4) is 0 Å². The molecule has 1 N–H and O–H groups in total. The van der Waals surface area contributed by atoms with Crippen molar-refractivity contribution in [2.45, 2.75) is 31.1 Å². The summed E-state index contributed by atoms with van der Waals surface area (Å²) in [6.45, 7) is 3.30. The van der Waals surface area contributed by atoms with E-state index in [2.05, 4.69) is 5.32 Å². The van der Waals surface area contributed by atoms with Gasteiger partial charge in [0.05, 0.1) is 10.8 Å². The van der Waals surface area contributed by atoms with Gasteiger partial charge in [-0.25, -0.2) is 8.42 Å². The van der Waals surface area contributed by atoms with Gasteiger partial charge in [0, 0.05) is 19.6 Å². The van der Waals surface area contributed by atoms with E-state index in [1.54, 1.807) is 24.3 Å². The molecular formula is C22H26N2O5S. The predicted octanol–water partition coefficient (Wildman–Crippen LogP) is 2.48. The van der Waals surface area contributed by atoms with Gasteiger partial charge in [0.2, 0.25) is 22.7 Å². The lowest BCUT2D eigenvalue weighted by atomic mass is 9.99. The molecule has 2 aromatic rings. The Morgan fingerprint density at radius 1 is 1.13 bits per heavy atom. The van der Waals surface area contributed by atoms with Crippen molar-refractivity contribution in [1.29, 1.82) is 0 Å². The van der Waals surface area contributed by atoms with E-state index in [4.69, 9.17) is 9.47 Å². The lowest BCUT2D eigenvalue weighted by Crippen LogP contribution is -2.45. The molecule has 2 aliphatic heterocycles. The largest absolute Gasteiger partial charge is 0.454 e. The first-order valence-electron chi connectivity index (χ1n) is 10.2. The van der Waals surface area contributed by atoms with Crippen LogP contribution in [-0.2, 0) is 21.2 Å². The molecule has 0 aromatic heterocycles. The fraction of sp³-hybridized carbons (Fsp3) is 0.409. The minimum absolute atomic E-state index is 0.0976. The van der Waals surface area contributed by atoms with E-state index in [0.29, 0.717) is 32.4 Å². The molecule has 7 nitrogen and oxygen atoms in total. The first kappa shape index (κ1) is 20.7. The van der Waals surface area contributed by atoms with E-state index >= 15 is 0 Å². The zero-order valence-corrected chi connectivity index (χ0v) is 17.8. The first-order valence-corrected chi connectivity index (χ1v) is 11.6. The smallest absolute Gasteiger partial charge is 0.243 e. The molecule has 1 atom stereocenters. The zero-order chi connectivity index (χ0) is 21.1. The van der Waals surface area contributed by atoms with Crippen LogP contribution < -0.4 is 14.8 Å². The van der Waals surface area contributed by atoms with Gasteiger partial charge in [-0.2, -0.15) is 4.31 Å². The summed E-state index contributed by atoms with van der Waals surface area (Å²) in [4.78, 5) is 12.9. The van der Waals surface area contributed by atoms with E-state index < -0.39 is 10.0 Å². The molecule has 0 saturated carbocycles. The van der Waals surface area contributed by atoms with Crippen molar-refractivity contribution < 1.29 is 22.7 Å². The lowest BCUT2D eigenvalue weighted by molar-refractivity contribution is -0.126. The van der Waals surface area contributed by atoms with E-state index in [-0.39, 0.29) is 30.1 Å². The van der Waals surface area contributed by atoms with Crippen LogP contribution in [-0.4, -0.2) is 45.1 Å². The maximum atomic E-state index is 12.9. The SMILES string of the molecule is Cc1ccc(S(=O)(=O)N2CCC[C@H](C(=O)NCCc3ccc4c(c3)OCO4)C2)cc1. The fourth-order valence-electron chi connectivity index (χ4n) is 3.80. The Morgan fingerprint density at radius 3 is 2.70 bits per heavy atom. The zero-order valence-electron chi connectivity index (χ0n) is 17.0. The molecule has 2 aromatic carbocycles. The molecule has 1 fully saturated rings. The quantitative estimate of drug-likeness (QED) is 0.761. The number of nitrogens with one attached hydrogen (secondary N) is 1. The minimum Gasteiger partial charge on any atom is -0.454 e. The Hall–Kier alpha value is -2.58. The van der Waals surface area contributed by atoms with Crippen LogP contribution in [0.1, 0.15) is 24.0 Å². The van der Waals surface area contributed by atoms with Gasteiger partial charge in [-0.1, -0.05) is 23.8 Å². The standard InChI is InChI=1S/C22H26N2O5S/c1-16-4-7-19(8-5-16)30(26,27)24-12-2-3-18(14-24)22(25)23-11-10-17-6-9-20-21(13-17)29-15-28-20/h4-9,13,18H,2-3,10-12,14-15H2,1H3,(H,23,25)/t18-/m0/s1. The fourth-order valence-corrected chi connectivity index (χ4v) is 5.33. The average Bonchev–Trinajstić information content (AvgIpc) is 3.22. The average molecular weight is 431 g/mol. The van der Waals surface area contributed by atoms with Crippen molar-refractivity contribution in [3.8, 4) is 11.5 Å². The minimum atomic E-state index is -3.59. The molecule has 1 saturated heterocycles. The normalized spacial score (nSPS) is 18.9. The van der Waals surface area contributed by atoms with Crippen LogP contribution in [0.5, 0.6) is 11.5 Å². The summed E-state index contributed by atoms with van der Waals surface area (Å²) in [6, 6.07) is 12.6. The van der Waals surface area contributed by atoms with E-state index in [0.717, 1.165) is 22.6 Å². The highest BCUT2D eigenvalue weighted by atomic mass is 32.2. The van der Waals surface area contributed by atoms with Crippen molar-refractivity contribution in [2.24, 2.45) is 5.92 Å². The van der Waals surface area contributed by atoms with Crippen LogP contribution in [0.2, 0.25) is 0 Å². The molecule has 30 heavy (non-hydrogen) atoms. The van der Waals surface area contributed by atoms with Crippen LogP contribution in [0, 0.1) is 12.8 Å². The van der Waals surface area contributed by atoms with Gasteiger partial charge < -0.3 is 14.8 Å². The van der Waals surface area contributed by atoms with Gasteiger partial charge in [-0.05, 0) is 56.0 Å². The van der Waals surface area contributed by atoms with E-state index in [1.807, 2.05) is 25.1 Å². The number of piperidine rings is 1. The second-order valence-electron chi connectivity index (χ2n) is 7.74. The number of sulfonamides is 1. The third-order valence-corrected chi connectivity index (χ3v) is 7.44. The van der Waals surface area contributed by atoms with Crippen molar-refractivity contribution in [3.05, 3.63) is 53.6 Å². The van der Waals surface area contributed by atoms with Crippen molar-refractivity contribution in [3.63, 3.8) is 0 Å². The van der Waals surface area contributed by atoms with Gasteiger partial charge in [-0.15, -0.1) is 0 Å². The summed E-state index contributed by atoms with van der Waals surface area (Å²) in [6.07, 6.45) is 2.03. The number of fused-ring (bicyclic) bond motifs is 1. The highest BCUT2D eigenvalue weighted by molar-refractivity contribution is 7.89. The summed E-state index contributed by atoms with van der Waals surface area (Å²) in [7, 11) is -3.59. The number of hydrogen-bond donors (Lipinski definition) is 1. The number of benzene rings is 2. The predicted molar refractivity (Wildman–Crippen MR) is 112 cm³/mol. The number of amides is 1. The van der Waals surface area contributed by atoms with Crippen LogP contribution in [0.4, 0.5) is 0 Å². The molecule has 2 aliphatic rings. The third kappa shape index (κ3) is 4.44. The number of ether oxygens (including phenoxy) is 2. The molecular weight excluding hydrogens is 404 g/mol. The Kier molecular flexibility index (Phi) is 5.97. The third-order valence-electron chi connectivity index (χ3n) is 5.56. The Bertz CT molecular complexity index is 1020. The number of nitrogens with zero attached hydrogens (tertiary/aromatic N) is 1. The summed E-state index contributed by atoms with van der Waals surface area (Å²) < 4.78 is 38.0. The van der Waals surface area contributed by atoms with Crippen molar-refractivity contribution >= 4 is 15.9 Å². The topological polar surface area (TPSA) is 84.9 Å². The number of rotatable bonds is 6. The highest BCUT2D eigenvalue weighted by Gasteiger charge is 2.33. The molecule has 0 unspecified atom stereocenters. The van der Waals surface area contributed by atoms with Gasteiger partial charge in [0.15, 0.2) is 11.5 Å². The summed E-state index contributed by atoms with van der Waals surface area (Å²) in [5.41, 5.74) is 2.05. The molecule has 0 bridgehead atoms. The van der Waals surface area contributed by atoms with Gasteiger partial charge in [0.1, 0.15) is 0 Å². The van der Waals surface area contributed by atoms with Crippen LogP contribution in [0.25, 0.3) is 0 Å². The monoisotopic (exact) mass is 430 g/mol.